The Kier molecular flexibility index (Phi) is 5.99. The predicted octanol–water partition coefficient (Wildman–Crippen LogP) is 4.07. The topological polar surface area (TPSA) is 75.3 Å². The first kappa shape index (κ1) is 19.3. The van der Waals surface area contributed by atoms with Gasteiger partial charge in [0.25, 0.3) is 5.91 Å². The van der Waals surface area contributed by atoms with Crippen LogP contribution in [-0.4, -0.2) is 20.4 Å². The van der Waals surface area contributed by atoms with Gasteiger partial charge in [0.15, 0.2) is 0 Å². The minimum Gasteiger partial charge on any atom is -0.322 e. The van der Waals surface area contributed by atoms with Crippen LogP contribution in [0.1, 0.15) is 41.6 Å². The molecule has 0 aliphatic heterocycles. The van der Waals surface area contributed by atoms with E-state index in [0.29, 0.717) is 11.3 Å². The number of carbonyl (C=O) groups excluding carboxylic acids is 1. The van der Waals surface area contributed by atoms with Gasteiger partial charge in [0, 0.05) is 20.9 Å². The number of anilines is 1. The number of nitrogens with one attached hydrogen (secondary N) is 2. The lowest BCUT2D eigenvalue weighted by Gasteiger charge is -2.13. The minimum absolute atomic E-state index is 0.00754. The number of hydrogen-bond donors (Lipinski definition) is 2. The van der Waals surface area contributed by atoms with Crippen LogP contribution in [0, 0.1) is 10.5 Å². The van der Waals surface area contributed by atoms with Crippen molar-refractivity contribution >= 4 is 44.2 Å². The average Bonchev–Trinajstić information content (AvgIpc) is 3.06. The average molecular weight is 484 g/mol. The summed E-state index contributed by atoms with van der Waals surface area (Å²) in [6.07, 6.45) is 3.83. The molecule has 2 N–H and O–H groups in total. The van der Waals surface area contributed by atoms with Crippen LogP contribution < -0.4 is 10.0 Å². The van der Waals surface area contributed by atoms with Crippen molar-refractivity contribution in [3.05, 3.63) is 57.2 Å². The van der Waals surface area contributed by atoms with Crippen molar-refractivity contribution < 1.29 is 13.2 Å². The van der Waals surface area contributed by atoms with Gasteiger partial charge in [0.2, 0.25) is 10.0 Å². The number of amides is 1. The fourth-order valence-electron chi connectivity index (χ4n) is 3.15. The molecule has 2 aromatic carbocycles. The maximum Gasteiger partial charge on any atom is 0.255 e. The van der Waals surface area contributed by atoms with E-state index in [0.717, 1.165) is 34.8 Å². The Labute approximate surface area is 167 Å². The van der Waals surface area contributed by atoms with Crippen molar-refractivity contribution in [2.24, 2.45) is 0 Å². The molecule has 0 heterocycles. The molecule has 1 aliphatic rings. The van der Waals surface area contributed by atoms with Crippen LogP contribution in [0.15, 0.2) is 47.4 Å². The summed E-state index contributed by atoms with van der Waals surface area (Å²) in [6, 6.07) is 11.9. The Morgan fingerprint density at radius 1 is 1.12 bits per heavy atom. The minimum atomic E-state index is -3.62. The number of sulfonamides is 1. The molecule has 5 nitrogen and oxygen atoms in total. The molecule has 0 spiro atoms. The number of carbonyl (C=O) groups is 1. The maximum atomic E-state index is 12.6. The molecule has 3 rings (SSSR count). The van der Waals surface area contributed by atoms with Crippen molar-refractivity contribution in [3.63, 3.8) is 0 Å². The summed E-state index contributed by atoms with van der Waals surface area (Å²) in [4.78, 5) is 12.7. The molecule has 0 saturated heterocycles. The fourth-order valence-corrected chi connectivity index (χ4v) is 5.32. The summed E-state index contributed by atoms with van der Waals surface area (Å²) >= 11 is 2.19. The van der Waals surface area contributed by atoms with E-state index in [-0.39, 0.29) is 16.8 Å². The highest BCUT2D eigenvalue weighted by molar-refractivity contribution is 14.1. The van der Waals surface area contributed by atoms with Gasteiger partial charge in [0.1, 0.15) is 0 Å². The second-order valence-corrected chi connectivity index (χ2v) is 9.56. The number of benzene rings is 2. The molecule has 0 radical (unpaired) electrons. The molecule has 1 fully saturated rings. The Balaban J connectivity index is 1.78. The molecule has 0 atom stereocenters. The first-order chi connectivity index (χ1) is 12.3. The van der Waals surface area contributed by atoms with E-state index in [1.807, 2.05) is 25.1 Å². The molecule has 138 valence electrons. The molecule has 0 aromatic heterocycles. The zero-order valence-electron chi connectivity index (χ0n) is 14.5. The maximum absolute atomic E-state index is 12.6. The lowest BCUT2D eigenvalue weighted by atomic mass is 10.2. The third-order valence-corrected chi connectivity index (χ3v) is 6.52. The van der Waals surface area contributed by atoms with E-state index in [9.17, 15) is 13.2 Å². The summed E-state index contributed by atoms with van der Waals surface area (Å²) in [6.45, 7) is 1.96. The lowest BCUT2D eigenvalue weighted by Crippen LogP contribution is -2.32. The third-order valence-electron chi connectivity index (χ3n) is 4.38. The summed E-state index contributed by atoms with van der Waals surface area (Å²) in [5, 5.41) is 2.83. The van der Waals surface area contributed by atoms with Crippen molar-refractivity contribution in [2.45, 2.75) is 43.5 Å². The van der Waals surface area contributed by atoms with Gasteiger partial charge in [-0.1, -0.05) is 18.9 Å². The molecule has 1 saturated carbocycles. The molecule has 1 aliphatic carbocycles. The molecule has 26 heavy (non-hydrogen) atoms. The van der Waals surface area contributed by atoms with Gasteiger partial charge in [-0.3, -0.25) is 4.79 Å². The van der Waals surface area contributed by atoms with Crippen molar-refractivity contribution in [1.29, 1.82) is 0 Å². The second-order valence-electron chi connectivity index (χ2n) is 6.60. The Morgan fingerprint density at radius 2 is 1.85 bits per heavy atom. The van der Waals surface area contributed by atoms with Gasteiger partial charge in [0.05, 0.1) is 4.90 Å². The summed E-state index contributed by atoms with van der Waals surface area (Å²) in [5.74, 6) is -0.329. The van der Waals surface area contributed by atoms with Crippen LogP contribution in [-0.2, 0) is 10.0 Å². The van der Waals surface area contributed by atoms with E-state index in [1.54, 1.807) is 12.1 Å². The zero-order valence-corrected chi connectivity index (χ0v) is 17.4. The molecule has 0 unspecified atom stereocenters. The summed E-state index contributed by atoms with van der Waals surface area (Å²) < 4.78 is 28.9. The summed E-state index contributed by atoms with van der Waals surface area (Å²) in [7, 11) is -3.62. The van der Waals surface area contributed by atoms with Crippen molar-refractivity contribution in [1.82, 2.24) is 4.72 Å². The lowest BCUT2D eigenvalue weighted by molar-refractivity contribution is 0.102. The van der Waals surface area contributed by atoms with Gasteiger partial charge in [-0.15, -0.1) is 0 Å². The van der Waals surface area contributed by atoms with Gasteiger partial charge >= 0.3 is 0 Å². The Morgan fingerprint density at radius 3 is 2.54 bits per heavy atom. The van der Waals surface area contributed by atoms with Gasteiger partial charge in [-0.2, -0.15) is 0 Å². The molecule has 7 heteroatoms. The predicted molar refractivity (Wildman–Crippen MR) is 111 cm³/mol. The van der Waals surface area contributed by atoms with E-state index in [1.165, 1.54) is 12.1 Å². The first-order valence-electron chi connectivity index (χ1n) is 8.54. The smallest absolute Gasteiger partial charge is 0.255 e. The number of aryl methyl sites for hydroxylation is 1. The van der Waals surface area contributed by atoms with Gasteiger partial charge in [-0.25, -0.2) is 13.1 Å². The largest absolute Gasteiger partial charge is 0.322 e. The van der Waals surface area contributed by atoms with Gasteiger partial charge in [-0.05, 0) is 84.3 Å². The highest BCUT2D eigenvalue weighted by Crippen LogP contribution is 2.21. The summed E-state index contributed by atoms with van der Waals surface area (Å²) in [5.41, 5.74) is 2.05. The highest BCUT2D eigenvalue weighted by Gasteiger charge is 2.23. The number of rotatable bonds is 5. The van der Waals surface area contributed by atoms with Crippen LogP contribution in [0.5, 0.6) is 0 Å². The van der Waals surface area contributed by atoms with E-state index < -0.39 is 10.0 Å². The van der Waals surface area contributed by atoms with Gasteiger partial charge < -0.3 is 5.32 Å². The van der Waals surface area contributed by atoms with Crippen molar-refractivity contribution in [3.8, 4) is 0 Å². The molecule has 1 amide bonds. The van der Waals surface area contributed by atoms with Crippen LogP contribution in [0.2, 0.25) is 0 Å². The van der Waals surface area contributed by atoms with E-state index in [4.69, 9.17) is 0 Å². The fraction of sp³-hybridized carbons (Fsp3) is 0.316. The zero-order chi connectivity index (χ0) is 18.7. The number of halogens is 1. The van der Waals surface area contributed by atoms with E-state index >= 15 is 0 Å². The molecule has 0 bridgehead atoms. The van der Waals surface area contributed by atoms with Crippen LogP contribution >= 0.6 is 22.6 Å². The van der Waals surface area contributed by atoms with Crippen LogP contribution in [0.3, 0.4) is 0 Å². The molecular weight excluding hydrogens is 463 g/mol. The standard InChI is InChI=1S/C19H21IN2O3S/c1-13-9-15(20)12-17(10-13)21-19(23)14-5-4-8-18(11-14)26(24,25)22-16-6-2-3-7-16/h4-5,8-12,16,22H,2-3,6-7H2,1H3,(H,21,23). The quantitative estimate of drug-likeness (QED) is 0.629. The van der Waals surface area contributed by atoms with Crippen molar-refractivity contribution in [2.75, 3.05) is 5.32 Å². The number of hydrogen-bond acceptors (Lipinski definition) is 3. The highest BCUT2D eigenvalue weighted by atomic mass is 127. The Hall–Kier alpha value is -1.45. The monoisotopic (exact) mass is 484 g/mol. The van der Waals surface area contributed by atoms with Crippen LogP contribution in [0.25, 0.3) is 0 Å². The normalized spacial score (nSPS) is 15.2. The second kappa shape index (κ2) is 8.06. The van der Waals surface area contributed by atoms with E-state index in [2.05, 4.69) is 32.6 Å². The third kappa shape index (κ3) is 4.83. The molecule has 2 aromatic rings. The van der Waals surface area contributed by atoms with Crippen LogP contribution in [0.4, 0.5) is 5.69 Å². The molecular formula is C19H21IN2O3S. The SMILES string of the molecule is Cc1cc(I)cc(NC(=O)c2cccc(S(=O)(=O)NC3CCCC3)c2)c1. The first-order valence-corrected chi connectivity index (χ1v) is 11.1. The Bertz CT molecular complexity index is 902.